The molecule has 1 aromatic rings. The van der Waals surface area contributed by atoms with Crippen LogP contribution in [-0.2, 0) is 5.41 Å². The summed E-state index contributed by atoms with van der Waals surface area (Å²) in [6.07, 6.45) is 1.12. The Morgan fingerprint density at radius 1 is 1.60 bits per heavy atom. The molecule has 1 aromatic carbocycles. The van der Waals surface area contributed by atoms with E-state index in [0.717, 1.165) is 18.5 Å². The standard InChI is InChI=1S/C12H15ClFN/c1-12(6-8(12)7-15-2)10-4-3-9(14)5-11(10)13/h3-5,8,15H,6-7H2,1-2H3. The Morgan fingerprint density at radius 2 is 2.33 bits per heavy atom. The van der Waals surface area contributed by atoms with E-state index in [2.05, 4.69) is 12.2 Å². The van der Waals surface area contributed by atoms with Crippen LogP contribution < -0.4 is 5.32 Å². The van der Waals surface area contributed by atoms with Crippen LogP contribution >= 0.6 is 11.6 Å². The molecule has 0 radical (unpaired) electrons. The van der Waals surface area contributed by atoms with Crippen molar-refractivity contribution in [2.75, 3.05) is 13.6 Å². The Labute approximate surface area is 94.6 Å². The van der Waals surface area contributed by atoms with Crippen LogP contribution in [0.3, 0.4) is 0 Å². The summed E-state index contributed by atoms with van der Waals surface area (Å²) in [4.78, 5) is 0. The molecule has 82 valence electrons. The summed E-state index contributed by atoms with van der Waals surface area (Å²) in [6, 6.07) is 4.70. The fraction of sp³-hybridized carbons (Fsp3) is 0.500. The monoisotopic (exact) mass is 227 g/mol. The van der Waals surface area contributed by atoms with Crippen molar-refractivity contribution in [1.82, 2.24) is 5.32 Å². The van der Waals surface area contributed by atoms with Gasteiger partial charge in [-0.05, 0) is 49.0 Å². The molecule has 15 heavy (non-hydrogen) atoms. The van der Waals surface area contributed by atoms with Crippen LogP contribution in [0, 0.1) is 11.7 Å². The van der Waals surface area contributed by atoms with Gasteiger partial charge < -0.3 is 5.32 Å². The van der Waals surface area contributed by atoms with E-state index >= 15 is 0 Å². The van der Waals surface area contributed by atoms with Gasteiger partial charge in [0, 0.05) is 5.02 Å². The quantitative estimate of drug-likeness (QED) is 0.837. The molecular weight excluding hydrogens is 213 g/mol. The SMILES string of the molecule is CNCC1CC1(C)c1ccc(F)cc1Cl. The minimum absolute atomic E-state index is 0.133. The molecule has 2 unspecified atom stereocenters. The van der Waals surface area contributed by atoms with Crippen molar-refractivity contribution in [3.05, 3.63) is 34.6 Å². The summed E-state index contributed by atoms with van der Waals surface area (Å²) in [6.45, 7) is 3.18. The van der Waals surface area contributed by atoms with Gasteiger partial charge in [0.15, 0.2) is 0 Å². The highest BCUT2D eigenvalue weighted by Crippen LogP contribution is 2.55. The van der Waals surface area contributed by atoms with Gasteiger partial charge in [-0.3, -0.25) is 0 Å². The molecule has 3 heteroatoms. The van der Waals surface area contributed by atoms with Crippen molar-refractivity contribution < 1.29 is 4.39 Å². The van der Waals surface area contributed by atoms with E-state index in [1.165, 1.54) is 12.1 Å². The van der Waals surface area contributed by atoms with Gasteiger partial charge in [-0.25, -0.2) is 4.39 Å². The molecule has 0 heterocycles. The van der Waals surface area contributed by atoms with Gasteiger partial charge in [0.25, 0.3) is 0 Å². The van der Waals surface area contributed by atoms with E-state index in [-0.39, 0.29) is 11.2 Å². The van der Waals surface area contributed by atoms with Crippen LogP contribution in [0.5, 0.6) is 0 Å². The molecule has 1 nitrogen and oxygen atoms in total. The topological polar surface area (TPSA) is 12.0 Å². The third-order valence-electron chi connectivity index (χ3n) is 3.41. The van der Waals surface area contributed by atoms with Crippen LogP contribution in [0.25, 0.3) is 0 Å². The summed E-state index contributed by atoms with van der Waals surface area (Å²) in [5, 5.41) is 3.72. The molecule has 0 amide bonds. The van der Waals surface area contributed by atoms with Crippen LogP contribution in [0.1, 0.15) is 18.9 Å². The van der Waals surface area contributed by atoms with Crippen molar-refractivity contribution in [2.24, 2.45) is 5.92 Å². The lowest BCUT2D eigenvalue weighted by molar-refractivity contribution is 0.607. The zero-order valence-electron chi connectivity index (χ0n) is 8.98. The number of nitrogens with one attached hydrogen (secondary N) is 1. The van der Waals surface area contributed by atoms with Crippen LogP contribution in [0.2, 0.25) is 5.02 Å². The Bertz CT molecular complexity index is 380. The van der Waals surface area contributed by atoms with Gasteiger partial charge in [-0.2, -0.15) is 0 Å². The summed E-state index contributed by atoms with van der Waals surface area (Å²) in [5.41, 5.74) is 1.21. The second-order valence-electron chi connectivity index (χ2n) is 4.50. The van der Waals surface area contributed by atoms with Crippen molar-refractivity contribution in [1.29, 1.82) is 0 Å². The van der Waals surface area contributed by atoms with Crippen LogP contribution in [-0.4, -0.2) is 13.6 Å². The minimum atomic E-state index is -0.266. The molecule has 0 spiro atoms. The number of hydrogen-bond acceptors (Lipinski definition) is 1. The van der Waals surface area contributed by atoms with Gasteiger partial charge in [0.2, 0.25) is 0 Å². The maximum atomic E-state index is 12.9. The molecule has 0 saturated heterocycles. The second kappa shape index (κ2) is 3.76. The van der Waals surface area contributed by atoms with E-state index in [0.29, 0.717) is 10.9 Å². The highest BCUT2D eigenvalue weighted by Gasteiger charge is 2.51. The molecule has 1 fully saturated rings. The maximum Gasteiger partial charge on any atom is 0.124 e. The lowest BCUT2D eigenvalue weighted by atomic mass is 9.95. The molecule has 2 rings (SSSR count). The minimum Gasteiger partial charge on any atom is -0.319 e. The lowest BCUT2D eigenvalue weighted by Gasteiger charge is -2.13. The Kier molecular flexibility index (Phi) is 2.73. The van der Waals surface area contributed by atoms with Gasteiger partial charge in [-0.1, -0.05) is 24.6 Å². The third kappa shape index (κ3) is 1.88. The first-order valence-corrected chi connectivity index (χ1v) is 5.56. The predicted molar refractivity (Wildman–Crippen MR) is 60.8 cm³/mol. The highest BCUT2D eigenvalue weighted by molar-refractivity contribution is 6.31. The van der Waals surface area contributed by atoms with Gasteiger partial charge in [0.1, 0.15) is 5.82 Å². The van der Waals surface area contributed by atoms with Crippen molar-refractivity contribution >= 4 is 11.6 Å². The molecule has 1 aliphatic carbocycles. The van der Waals surface area contributed by atoms with E-state index in [9.17, 15) is 4.39 Å². The zero-order valence-corrected chi connectivity index (χ0v) is 9.74. The second-order valence-corrected chi connectivity index (χ2v) is 4.91. The van der Waals surface area contributed by atoms with Gasteiger partial charge in [-0.15, -0.1) is 0 Å². The zero-order chi connectivity index (χ0) is 11.1. The summed E-state index contributed by atoms with van der Waals surface area (Å²) in [5.74, 6) is 0.351. The first-order valence-electron chi connectivity index (χ1n) is 5.18. The fourth-order valence-corrected chi connectivity index (χ4v) is 2.66. The van der Waals surface area contributed by atoms with Crippen LogP contribution in [0.4, 0.5) is 4.39 Å². The first kappa shape index (κ1) is 10.9. The van der Waals surface area contributed by atoms with E-state index in [1.807, 2.05) is 13.1 Å². The molecule has 1 saturated carbocycles. The third-order valence-corrected chi connectivity index (χ3v) is 3.72. The number of hydrogen-bond donors (Lipinski definition) is 1. The fourth-order valence-electron chi connectivity index (χ4n) is 2.28. The van der Waals surface area contributed by atoms with Gasteiger partial charge >= 0.3 is 0 Å². The number of benzene rings is 1. The van der Waals surface area contributed by atoms with Crippen molar-refractivity contribution in [3.8, 4) is 0 Å². The number of rotatable bonds is 3. The van der Waals surface area contributed by atoms with Crippen molar-refractivity contribution in [2.45, 2.75) is 18.8 Å². The van der Waals surface area contributed by atoms with E-state index in [1.54, 1.807) is 0 Å². The summed E-state index contributed by atoms with van der Waals surface area (Å²) >= 11 is 6.06. The Hall–Kier alpha value is -0.600. The van der Waals surface area contributed by atoms with E-state index in [4.69, 9.17) is 11.6 Å². The molecule has 1 aliphatic rings. The van der Waals surface area contributed by atoms with Crippen molar-refractivity contribution in [3.63, 3.8) is 0 Å². The smallest absolute Gasteiger partial charge is 0.124 e. The highest BCUT2D eigenvalue weighted by atomic mass is 35.5. The average molecular weight is 228 g/mol. The molecule has 0 bridgehead atoms. The van der Waals surface area contributed by atoms with E-state index < -0.39 is 0 Å². The molecular formula is C12H15ClFN. The first-order chi connectivity index (χ1) is 7.08. The Balaban J connectivity index is 2.24. The molecule has 1 N–H and O–H groups in total. The molecule has 2 atom stereocenters. The molecule has 0 aromatic heterocycles. The lowest BCUT2D eigenvalue weighted by Crippen LogP contribution is -2.16. The largest absolute Gasteiger partial charge is 0.319 e. The maximum absolute atomic E-state index is 12.9. The van der Waals surface area contributed by atoms with Gasteiger partial charge in [0.05, 0.1) is 0 Å². The Morgan fingerprint density at radius 3 is 2.93 bits per heavy atom. The number of halogens is 2. The molecule has 0 aliphatic heterocycles. The summed E-state index contributed by atoms with van der Waals surface area (Å²) in [7, 11) is 1.95. The normalized spacial score (nSPS) is 29.2. The summed E-state index contributed by atoms with van der Waals surface area (Å²) < 4.78 is 12.9. The average Bonchev–Trinajstić information content (AvgIpc) is 2.78. The predicted octanol–water partition coefficient (Wildman–Crippen LogP) is 2.98. The van der Waals surface area contributed by atoms with Crippen LogP contribution in [0.15, 0.2) is 18.2 Å².